The molecule has 19 heavy (non-hydrogen) atoms. The van der Waals surface area contributed by atoms with Gasteiger partial charge in [-0.1, -0.05) is 36.8 Å². The van der Waals surface area contributed by atoms with Gasteiger partial charge in [-0.3, -0.25) is 4.79 Å². The Morgan fingerprint density at radius 3 is 2.84 bits per heavy atom. The molecule has 0 aliphatic carbocycles. The molecule has 1 rings (SSSR count). The molecule has 0 aliphatic rings. The van der Waals surface area contributed by atoms with Crippen LogP contribution in [0.2, 0.25) is 5.02 Å². The summed E-state index contributed by atoms with van der Waals surface area (Å²) in [5.74, 6) is 5.49. The Balaban J connectivity index is 2.80. The van der Waals surface area contributed by atoms with Crippen molar-refractivity contribution in [1.29, 1.82) is 0 Å². The molecule has 3 nitrogen and oxygen atoms in total. The number of carbonyl (C=O) groups excluding carboxylic acids is 1. The van der Waals surface area contributed by atoms with Crippen molar-refractivity contribution in [3.63, 3.8) is 0 Å². The number of hydrogen-bond acceptors (Lipinski definition) is 2. The highest BCUT2D eigenvalue weighted by Crippen LogP contribution is 2.17. The van der Waals surface area contributed by atoms with Crippen LogP contribution in [0.1, 0.15) is 42.6 Å². The summed E-state index contributed by atoms with van der Waals surface area (Å²) in [4.78, 5) is 12.0. The molecule has 0 heterocycles. The quantitative estimate of drug-likeness (QED) is 0.832. The van der Waals surface area contributed by atoms with Crippen molar-refractivity contribution in [3.8, 4) is 11.8 Å². The van der Waals surface area contributed by atoms with E-state index in [2.05, 4.69) is 24.1 Å². The van der Waals surface area contributed by atoms with Crippen LogP contribution < -0.4 is 11.1 Å². The molecule has 0 fully saturated rings. The van der Waals surface area contributed by atoms with Crippen LogP contribution in [-0.2, 0) is 0 Å². The standard InChI is InChI=1S/C15H19ClN2O/c1-3-5-11(2)18-15(19)13-8-7-12(6-4-9-17)14(16)10-13/h7-8,10-11H,3,5,9,17H2,1-2H3,(H,18,19). The van der Waals surface area contributed by atoms with Gasteiger partial charge in [-0.2, -0.15) is 0 Å². The Morgan fingerprint density at radius 2 is 2.26 bits per heavy atom. The molecule has 0 bridgehead atoms. The van der Waals surface area contributed by atoms with Crippen molar-refractivity contribution in [2.75, 3.05) is 6.54 Å². The van der Waals surface area contributed by atoms with Gasteiger partial charge in [0.15, 0.2) is 0 Å². The van der Waals surface area contributed by atoms with E-state index in [1.165, 1.54) is 0 Å². The maximum Gasteiger partial charge on any atom is 0.251 e. The Morgan fingerprint density at radius 1 is 1.53 bits per heavy atom. The number of nitrogens with one attached hydrogen (secondary N) is 1. The van der Waals surface area contributed by atoms with Crippen molar-refractivity contribution in [2.24, 2.45) is 5.73 Å². The minimum absolute atomic E-state index is 0.110. The molecule has 1 aromatic rings. The second-order valence-electron chi connectivity index (χ2n) is 4.36. The SMILES string of the molecule is CCCC(C)NC(=O)c1ccc(C#CCN)c(Cl)c1. The van der Waals surface area contributed by atoms with Crippen molar-refractivity contribution >= 4 is 17.5 Å². The summed E-state index contributed by atoms with van der Waals surface area (Å²) < 4.78 is 0. The molecule has 1 amide bonds. The van der Waals surface area contributed by atoms with Gasteiger partial charge >= 0.3 is 0 Å². The maximum atomic E-state index is 12.0. The van der Waals surface area contributed by atoms with E-state index in [0.29, 0.717) is 16.1 Å². The second-order valence-corrected chi connectivity index (χ2v) is 4.77. The summed E-state index contributed by atoms with van der Waals surface area (Å²) in [5, 5.41) is 3.40. The molecule has 1 unspecified atom stereocenters. The van der Waals surface area contributed by atoms with E-state index in [1.54, 1.807) is 18.2 Å². The summed E-state index contributed by atoms with van der Waals surface area (Å²) in [5.41, 5.74) is 6.54. The monoisotopic (exact) mass is 278 g/mol. The highest BCUT2D eigenvalue weighted by atomic mass is 35.5. The van der Waals surface area contributed by atoms with Gasteiger partial charge in [-0.05, 0) is 31.5 Å². The lowest BCUT2D eigenvalue weighted by Gasteiger charge is -2.13. The van der Waals surface area contributed by atoms with Crippen LogP contribution in [0.25, 0.3) is 0 Å². The van der Waals surface area contributed by atoms with Gasteiger partial charge in [0.2, 0.25) is 0 Å². The van der Waals surface area contributed by atoms with Crippen LogP contribution in [0.5, 0.6) is 0 Å². The number of hydrogen-bond donors (Lipinski definition) is 2. The molecule has 3 N–H and O–H groups in total. The van der Waals surface area contributed by atoms with E-state index >= 15 is 0 Å². The van der Waals surface area contributed by atoms with Crippen LogP contribution in [-0.4, -0.2) is 18.5 Å². The Bertz CT molecular complexity index is 503. The third-order valence-corrected chi connectivity index (χ3v) is 2.97. The van der Waals surface area contributed by atoms with E-state index in [0.717, 1.165) is 12.8 Å². The highest BCUT2D eigenvalue weighted by Gasteiger charge is 2.10. The zero-order valence-electron chi connectivity index (χ0n) is 11.3. The average Bonchev–Trinajstić information content (AvgIpc) is 2.37. The Hall–Kier alpha value is -1.50. The third kappa shape index (κ3) is 4.94. The molecule has 102 valence electrons. The Labute approximate surface area is 119 Å². The summed E-state index contributed by atoms with van der Waals surface area (Å²) in [6, 6.07) is 5.26. The molecular weight excluding hydrogens is 260 g/mol. The van der Waals surface area contributed by atoms with Gasteiger partial charge < -0.3 is 11.1 Å². The first-order valence-electron chi connectivity index (χ1n) is 6.37. The molecular formula is C15H19ClN2O. The molecule has 0 saturated heterocycles. The number of carbonyl (C=O) groups is 1. The fourth-order valence-corrected chi connectivity index (χ4v) is 1.94. The van der Waals surface area contributed by atoms with Crippen LogP contribution in [0, 0.1) is 11.8 Å². The number of benzene rings is 1. The van der Waals surface area contributed by atoms with Crippen LogP contribution in [0.4, 0.5) is 0 Å². The van der Waals surface area contributed by atoms with E-state index in [4.69, 9.17) is 17.3 Å². The first-order chi connectivity index (χ1) is 9.08. The van der Waals surface area contributed by atoms with Gasteiger partial charge in [0.05, 0.1) is 11.6 Å². The van der Waals surface area contributed by atoms with Crippen LogP contribution in [0.15, 0.2) is 18.2 Å². The minimum Gasteiger partial charge on any atom is -0.350 e. The number of halogens is 1. The van der Waals surface area contributed by atoms with E-state index in [-0.39, 0.29) is 18.5 Å². The number of nitrogens with two attached hydrogens (primary N) is 1. The molecule has 1 aromatic carbocycles. The molecule has 0 spiro atoms. The van der Waals surface area contributed by atoms with Gasteiger partial charge in [0, 0.05) is 17.2 Å². The van der Waals surface area contributed by atoms with Crippen molar-refractivity contribution in [3.05, 3.63) is 34.3 Å². The van der Waals surface area contributed by atoms with Crippen molar-refractivity contribution < 1.29 is 4.79 Å². The molecule has 1 atom stereocenters. The fourth-order valence-electron chi connectivity index (χ4n) is 1.72. The lowest BCUT2D eigenvalue weighted by Crippen LogP contribution is -2.32. The van der Waals surface area contributed by atoms with E-state index in [9.17, 15) is 4.79 Å². The summed E-state index contributed by atoms with van der Waals surface area (Å²) in [7, 11) is 0. The number of rotatable bonds is 4. The van der Waals surface area contributed by atoms with E-state index in [1.807, 2.05) is 6.92 Å². The largest absolute Gasteiger partial charge is 0.350 e. The maximum absolute atomic E-state index is 12.0. The summed E-state index contributed by atoms with van der Waals surface area (Å²) >= 11 is 6.08. The zero-order chi connectivity index (χ0) is 14.3. The lowest BCUT2D eigenvalue weighted by atomic mass is 10.1. The third-order valence-electron chi connectivity index (χ3n) is 2.66. The molecule has 0 radical (unpaired) electrons. The van der Waals surface area contributed by atoms with Gasteiger partial charge in [-0.15, -0.1) is 0 Å². The molecule has 0 saturated carbocycles. The molecule has 4 heteroatoms. The summed E-state index contributed by atoms with van der Waals surface area (Å²) in [6.45, 7) is 4.36. The Kier molecular flexibility index (Phi) is 6.41. The van der Waals surface area contributed by atoms with Crippen molar-refractivity contribution in [2.45, 2.75) is 32.7 Å². The second kappa shape index (κ2) is 7.83. The topological polar surface area (TPSA) is 55.1 Å². The first kappa shape index (κ1) is 15.6. The molecule has 0 aromatic heterocycles. The van der Waals surface area contributed by atoms with Gasteiger partial charge in [0.25, 0.3) is 5.91 Å². The lowest BCUT2D eigenvalue weighted by molar-refractivity contribution is 0.0938. The van der Waals surface area contributed by atoms with Crippen LogP contribution in [0.3, 0.4) is 0 Å². The smallest absolute Gasteiger partial charge is 0.251 e. The molecule has 0 aliphatic heterocycles. The minimum atomic E-state index is -0.110. The van der Waals surface area contributed by atoms with Crippen molar-refractivity contribution in [1.82, 2.24) is 5.32 Å². The summed E-state index contributed by atoms with van der Waals surface area (Å²) in [6.07, 6.45) is 2.00. The van der Waals surface area contributed by atoms with Gasteiger partial charge in [-0.25, -0.2) is 0 Å². The average molecular weight is 279 g/mol. The normalized spacial score (nSPS) is 11.4. The predicted molar refractivity (Wildman–Crippen MR) is 79.2 cm³/mol. The van der Waals surface area contributed by atoms with E-state index < -0.39 is 0 Å². The predicted octanol–water partition coefficient (Wildman–Crippen LogP) is 2.57. The number of amides is 1. The van der Waals surface area contributed by atoms with Gasteiger partial charge in [0.1, 0.15) is 0 Å². The highest BCUT2D eigenvalue weighted by molar-refractivity contribution is 6.32. The van der Waals surface area contributed by atoms with Crippen LogP contribution >= 0.6 is 11.6 Å². The first-order valence-corrected chi connectivity index (χ1v) is 6.75. The zero-order valence-corrected chi connectivity index (χ0v) is 12.1. The fraction of sp³-hybridized carbons (Fsp3) is 0.400.